The summed E-state index contributed by atoms with van der Waals surface area (Å²) in [6, 6.07) is 17.1. The molecule has 5 nitrogen and oxygen atoms in total. The highest BCUT2D eigenvalue weighted by Crippen LogP contribution is 2.22. The Balaban J connectivity index is 2.00. The van der Waals surface area contributed by atoms with Gasteiger partial charge >= 0.3 is 0 Å². The number of nitrogens with two attached hydrogens (primary N) is 1. The Bertz CT molecular complexity index is 1150. The van der Waals surface area contributed by atoms with Crippen LogP contribution in [0.5, 0.6) is 0 Å². The topological polar surface area (TPSA) is 86.2 Å². The lowest BCUT2D eigenvalue weighted by atomic mass is 10.0. The largest absolute Gasteiger partial charge is 0.437 e. The van der Waals surface area contributed by atoms with Crippen molar-refractivity contribution in [3.05, 3.63) is 82.0 Å². The third-order valence-electron chi connectivity index (χ3n) is 3.88. The van der Waals surface area contributed by atoms with E-state index < -0.39 is 0 Å². The average molecular weight is 316 g/mol. The van der Waals surface area contributed by atoms with E-state index in [1.54, 1.807) is 48.5 Å². The Hall–Kier alpha value is -3.47. The number of fused-ring (bicyclic) bond motifs is 2. The first-order valence-corrected chi connectivity index (χ1v) is 7.37. The molecule has 2 N–H and O–H groups in total. The molecule has 5 heteroatoms. The zero-order chi connectivity index (χ0) is 16.7. The number of benzene rings is 2. The molecule has 4 aromatic rings. The number of anilines is 1. The first-order valence-electron chi connectivity index (χ1n) is 7.37. The number of pyridine rings is 1. The molecular weight excluding hydrogens is 304 g/mol. The number of rotatable bonds is 2. The van der Waals surface area contributed by atoms with Gasteiger partial charge in [-0.05, 0) is 18.2 Å². The quantitative estimate of drug-likeness (QED) is 0.453. The number of nitrogen functional groups attached to an aromatic ring is 1. The van der Waals surface area contributed by atoms with Crippen LogP contribution in [-0.2, 0) is 0 Å². The van der Waals surface area contributed by atoms with E-state index in [-0.39, 0.29) is 33.7 Å². The van der Waals surface area contributed by atoms with Crippen LogP contribution in [0, 0.1) is 0 Å². The smallest absolute Gasteiger partial charge is 0.232 e. The molecule has 2 aromatic carbocycles. The maximum atomic E-state index is 12.7. The Morgan fingerprint density at radius 2 is 1.67 bits per heavy atom. The fourth-order valence-corrected chi connectivity index (χ4v) is 2.67. The van der Waals surface area contributed by atoms with Crippen molar-refractivity contribution in [2.45, 2.75) is 0 Å². The molecule has 0 atom stereocenters. The summed E-state index contributed by atoms with van der Waals surface area (Å²) in [6.45, 7) is 0. The zero-order valence-corrected chi connectivity index (χ0v) is 12.5. The van der Waals surface area contributed by atoms with Gasteiger partial charge < -0.3 is 10.2 Å². The third-order valence-corrected chi connectivity index (χ3v) is 3.88. The van der Waals surface area contributed by atoms with Crippen LogP contribution in [0.1, 0.15) is 15.9 Å². The summed E-state index contributed by atoms with van der Waals surface area (Å²) in [5.74, 6) is -0.246. The van der Waals surface area contributed by atoms with E-state index >= 15 is 0 Å². The monoisotopic (exact) mass is 316 g/mol. The molecule has 0 bridgehead atoms. The highest BCUT2D eigenvalue weighted by Gasteiger charge is 2.17. The predicted molar refractivity (Wildman–Crippen MR) is 92.1 cm³/mol. The normalized spacial score (nSPS) is 11.0. The fraction of sp³-hybridized carbons (Fsp3) is 0. The highest BCUT2D eigenvalue weighted by atomic mass is 16.3. The highest BCUT2D eigenvalue weighted by molar-refractivity contribution is 6.13. The van der Waals surface area contributed by atoms with Gasteiger partial charge in [0.15, 0.2) is 5.78 Å². The van der Waals surface area contributed by atoms with Crippen molar-refractivity contribution in [1.82, 2.24) is 4.98 Å². The molecule has 0 fully saturated rings. The van der Waals surface area contributed by atoms with Gasteiger partial charge in [-0.15, -0.1) is 0 Å². The molecule has 0 aliphatic heterocycles. The van der Waals surface area contributed by atoms with E-state index in [4.69, 9.17) is 10.2 Å². The summed E-state index contributed by atoms with van der Waals surface area (Å²) in [6.07, 6.45) is 0. The van der Waals surface area contributed by atoms with Crippen molar-refractivity contribution >= 4 is 33.7 Å². The standard InChI is InChI=1S/C19H12N2O3/c20-18-13(16(22)11-6-2-1-3-7-11)10-14-17(23)12-8-4-5-9-15(12)24-19(14)21-18/h1-10H,(H2,20,21). The molecule has 2 aromatic heterocycles. The molecule has 0 amide bonds. The lowest BCUT2D eigenvalue weighted by Crippen LogP contribution is -2.10. The first-order chi connectivity index (χ1) is 11.6. The first kappa shape index (κ1) is 14.1. The molecule has 4 rings (SSSR count). The van der Waals surface area contributed by atoms with Crippen LogP contribution in [0.3, 0.4) is 0 Å². The van der Waals surface area contributed by atoms with Crippen LogP contribution >= 0.6 is 0 Å². The van der Waals surface area contributed by atoms with Crippen LogP contribution < -0.4 is 11.2 Å². The van der Waals surface area contributed by atoms with Crippen LogP contribution in [0.15, 0.2) is 69.9 Å². The van der Waals surface area contributed by atoms with E-state index in [9.17, 15) is 9.59 Å². The lowest BCUT2D eigenvalue weighted by molar-refractivity contribution is 0.103. The third kappa shape index (κ3) is 2.14. The molecule has 24 heavy (non-hydrogen) atoms. The molecule has 0 saturated heterocycles. The average Bonchev–Trinajstić information content (AvgIpc) is 2.62. The summed E-state index contributed by atoms with van der Waals surface area (Å²) in [4.78, 5) is 29.4. The van der Waals surface area contributed by atoms with Gasteiger partial charge in [0.1, 0.15) is 11.4 Å². The van der Waals surface area contributed by atoms with Gasteiger partial charge in [-0.1, -0.05) is 42.5 Å². The predicted octanol–water partition coefficient (Wildman–Crippen LogP) is 3.15. The van der Waals surface area contributed by atoms with E-state index in [0.717, 1.165) is 0 Å². The van der Waals surface area contributed by atoms with Gasteiger partial charge in [0.25, 0.3) is 0 Å². The van der Waals surface area contributed by atoms with Gasteiger partial charge in [-0.3, -0.25) is 9.59 Å². The lowest BCUT2D eigenvalue weighted by Gasteiger charge is -2.07. The van der Waals surface area contributed by atoms with E-state index in [0.29, 0.717) is 16.5 Å². The van der Waals surface area contributed by atoms with E-state index in [1.165, 1.54) is 6.07 Å². The minimum atomic E-state index is -0.282. The maximum Gasteiger partial charge on any atom is 0.232 e. The zero-order valence-electron chi connectivity index (χ0n) is 12.5. The van der Waals surface area contributed by atoms with Crippen molar-refractivity contribution in [3.8, 4) is 0 Å². The maximum absolute atomic E-state index is 12.7. The van der Waals surface area contributed by atoms with Gasteiger partial charge in [-0.25, -0.2) is 0 Å². The molecule has 0 saturated carbocycles. The second kappa shape index (κ2) is 5.31. The number of hydrogen-bond acceptors (Lipinski definition) is 5. The Morgan fingerprint density at radius 1 is 0.958 bits per heavy atom. The van der Waals surface area contributed by atoms with Gasteiger partial charge in [0.05, 0.1) is 16.3 Å². The molecule has 116 valence electrons. The molecule has 2 heterocycles. The van der Waals surface area contributed by atoms with Gasteiger partial charge in [-0.2, -0.15) is 4.98 Å². The summed E-state index contributed by atoms with van der Waals surface area (Å²) < 4.78 is 5.65. The van der Waals surface area contributed by atoms with Gasteiger partial charge in [0, 0.05) is 5.56 Å². The fourth-order valence-electron chi connectivity index (χ4n) is 2.67. The Kier molecular flexibility index (Phi) is 3.13. The van der Waals surface area contributed by atoms with Crippen molar-refractivity contribution in [2.75, 3.05) is 5.73 Å². The Morgan fingerprint density at radius 3 is 2.46 bits per heavy atom. The van der Waals surface area contributed by atoms with Crippen molar-refractivity contribution in [2.24, 2.45) is 0 Å². The van der Waals surface area contributed by atoms with Crippen LogP contribution in [0.2, 0.25) is 0 Å². The molecule has 0 radical (unpaired) electrons. The number of carbonyl (C=O) groups is 1. The number of aromatic nitrogens is 1. The summed E-state index contributed by atoms with van der Waals surface area (Å²) in [7, 11) is 0. The van der Waals surface area contributed by atoms with Gasteiger partial charge in [0.2, 0.25) is 11.1 Å². The molecule has 0 aliphatic rings. The van der Waals surface area contributed by atoms with E-state index in [2.05, 4.69) is 4.98 Å². The minimum Gasteiger partial charge on any atom is -0.437 e. The van der Waals surface area contributed by atoms with Crippen molar-refractivity contribution < 1.29 is 9.21 Å². The minimum absolute atomic E-state index is 0.0368. The molecular formula is C19H12N2O3. The molecule has 0 aliphatic carbocycles. The molecule has 0 unspecified atom stereocenters. The Labute approximate surface area is 136 Å². The van der Waals surface area contributed by atoms with Crippen LogP contribution in [0.25, 0.3) is 22.1 Å². The second-order valence-corrected chi connectivity index (χ2v) is 5.40. The van der Waals surface area contributed by atoms with E-state index in [1.807, 2.05) is 6.07 Å². The number of hydrogen-bond donors (Lipinski definition) is 1. The summed E-state index contributed by atoms with van der Waals surface area (Å²) in [5, 5.41) is 0.678. The second-order valence-electron chi connectivity index (χ2n) is 5.40. The van der Waals surface area contributed by atoms with Crippen LogP contribution in [0.4, 0.5) is 5.82 Å². The number of nitrogens with zero attached hydrogens (tertiary/aromatic N) is 1. The summed E-state index contributed by atoms with van der Waals surface area (Å²) in [5.41, 5.74) is 6.92. The molecule has 0 spiro atoms. The van der Waals surface area contributed by atoms with Crippen molar-refractivity contribution in [3.63, 3.8) is 0 Å². The number of para-hydroxylation sites is 1. The van der Waals surface area contributed by atoms with Crippen molar-refractivity contribution in [1.29, 1.82) is 0 Å². The number of carbonyl (C=O) groups excluding carboxylic acids is 1. The SMILES string of the molecule is Nc1nc2oc3ccccc3c(=O)c2cc1C(=O)c1ccccc1. The summed E-state index contributed by atoms with van der Waals surface area (Å²) >= 11 is 0. The van der Waals surface area contributed by atoms with Crippen LogP contribution in [-0.4, -0.2) is 10.8 Å². The number of ketones is 1.